The third kappa shape index (κ3) is 3.44. The van der Waals surface area contributed by atoms with Crippen LogP contribution in [0.15, 0.2) is 60.5 Å². The summed E-state index contributed by atoms with van der Waals surface area (Å²) in [5.74, 6) is -0.599. The molecule has 0 aliphatic carbocycles. The number of hydrogen-bond donors (Lipinski definition) is 1. The fourth-order valence-corrected chi connectivity index (χ4v) is 3.05. The molecule has 6 heteroatoms. The van der Waals surface area contributed by atoms with E-state index in [4.69, 9.17) is 0 Å². The molecule has 0 bridgehead atoms. The second-order valence-corrected chi connectivity index (χ2v) is 6.16. The van der Waals surface area contributed by atoms with Crippen molar-refractivity contribution in [3.63, 3.8) is 0 Å². The summed E-state index contributed by atoms with van der Waals surface area (Å²) in [6.45, 7) is 4.15. The Morgan fingerprint density at radius 3 is 2.88 bits per heavy atom. The summed E-state index contributed by atoms with van der Waals surface area (Å²) in [5, 5.41) is 8.93. The van der Waals surface area contributed by atoms with E-state index >= 15 is 0 Å². The Bertz CT molecular complexity index is 842. The molecule has 1 aromatic carbocycles. The Kier molecular flexibility index (Phi) is 4.86. The zero-order valence-corrected chi connectivity index (χ0v) is 13.7. The highest BCUT2D eigenvalue weighted by molar-refractivity contribution is 7.13. The van der Waals surface area contributed by atoms with E-state index in [-0.39, 0.29) is 18.3 Å². The number of hydrogen-bond acceptors (Lipinski definition) is 3. The van der Waals surface area contributed by atoms with Crippen LogP contribution in [-0.4, -0.2) is 27.5 Å². The molecule has 0 fully saturated rings. The molecule has 0 radical (unpaired) electrons. The number of rotatable bonds is 6. The van der Waals surface area contributed by atoms with E-state index in [2.05, 4.69) is 16.8 Å². The minimum Gasteiger partial charge on any atom is -0.329 e. The minimum absolute atomic E-state index is 0.165. The molecule has 3 rings (SSSR count). The molecular formula is C18H16FN3OS. The quantitative estimate of drug-likeness (QED) is 0.686. The number of nitrogens with zero attached hydrogens (tertiary/aromatic N) is 2. The molecule has 0 unspecified atom stereocenters. The van der Waals surface area contributed by atoms with Crippen molar-refractivity contribution < 1.29 is 9.18 Å². The number of benzene rings is 1. The predicted octanol–water partition coefficient (Wildman–Crippen LogP) is 4.11. The van der Waals surface area contributed by atoms with Gasteiger partial charge in [0.2, 0.25) is 0 Å². The van der Waals surface area contributed by atoms with Gasteiger partial charge >= 0.3 is 0 Å². The van der Waals surface area contributed by atoms with Gasteiger partial charge in [-0.1, -0.05) is 30.3 Å². The van der Waals surface area contributed by atoms with Gasteiger partial charge in [-0.3, -0.25) is 9.89 Å². The number of halogens is 1. The molecule has 2 aromatic heterocycles. The SMILES string of the molecule is C=CCN(Cc1ccccc1F)C(=O)c1cc(-c2cccs2)[nH]n1. The van der Waals surface area contributed by atoms with Crippen LogP contribution in [0.1, 0.15) is 16.1 Å². The average molecular weight is 341 g/mol. The van der Waals surface area contributed by atoms with Crippen LogP contribution in [0, 0.1) is 5.82 Å². The Morgan fingerprint density at radius 1 is 1.33 bits per heavy atom. The van der Waals surface area contributed by atoms with Crippen LogP contribution in [0.5, 0.6) is 0 Å². The van der Waals surface area contributed by atoms with Crippen molar-refractivity contribution in [2.75, 3.05) is 6.54 Å². The van der Waals surface area contributed by atoms with E-state index < -0.39 is 0 Å². The molecule has 3 aromatic rings. The molecular weight excluding hydrogens is 325 g/mol. The lowest BCUT2D eigenvalue weighted by molar-refractivity contribution is 0.0755. The van der Waals surface area contributed by atoms with Crippen LogP contribution < -0.4 is 0 Å². The van der Waals surface area contributed by atoms with Crippen molar-refractivity contribution in [2.24, 2.45) is 0 Å². The molecule has 0 saturated carbocycles. The first-order chi connectivity index (χ1) is 11.7. The standard InChI is InChI=1S/C18H16FN3OS/c1-2-9-22(12-13-6-3-4-7-14(13)19)18(23)16-11-15(20-21-16)17-8-5-10-24-17/h2-8,10-11H,1,9,12H2,(H,20,21). The summed E-state index contributed by atoms with van der Waals surface area (Å²) in [7, 11) is 0. The van der Waals surface area contributed by atoms with Crippen molar-refractivity contribution in [2.45, 2.75) is 6.54 Å². The van der Waals surface area contributed by atoms with Gasteiger partial charge in [0.05, 0.1) is 10.6 Å². The molecule has 0 spiro atoms. The number of aromatic nitrogens is 2. The smallest absolute Gasteiger partial charge is 0.274 e. The van der Waals surface area contributed by atoms with E-state index in [1.807, 2.05) is 17.5 Å². The topological polar surface area (TPSA) is 49.0 Å². The van der Waals surface area contributed by atoms with Gasteiger partial charge in [-0.25, -0.2) is 4.39 Å². The Hall–Kier alpha value is -2.73. The lowest BCUT2D eigenvalue weighted by Crippen LogP contribution is -2.31. The first-order valence-electron chi connectivity index (χ1n) is 7.42. The van der Waals surface area contributed by atoms with E-state index in [0.29, 0.717) is 17.8 Å². The monoisotopic (exact) mass is 341 g/mol. The summed E-state index contributed by atoms with van der Waals surface area (Å²) in [6, 6.07) is 12.0. The number of aromatic amines is 1. The van der Waals surface area contributed by atoms with Gasteiger partial charge in [-0.15, -0.1) is 17.9 Å². The molecule has 0 atom stereocenters. The number of nitrogens with one attached hydrogen (secondary N) is 1. The van der Waals surface area contributed by atoms with E-state index in [1.54, 1.807) is 41.7 Å². The van der Waals surface area contributed by atoms with Crippen LogP contribution in [0.3, 0.4) is 0 Å². The highest BCUT2D eigenvalue weighted by atomic mass is 32.1. The maximum absolute atomic E-state index is 13.9. The molecule has 24 heavy (non-hydrogen) atoms. The zero-order valence-electron chi connectivity index (χ0n) is 12.9. The Balaban J connectivity index is 1.82. The van der Waals surface area contributed by atoms with Gasteiger partial charge < -0.3 is 4.90 Å². The number of carbonyl (C=O) groups excluding carboxylic acids is 1. The lowest BCUT2D eigenvalue weighted by Gasteiger charge is -2.20. The summed E-state index contributed by atoms with van der Waals surface area (Å²) in [6.07, 6.45) is 1.62. The fraction of sp³-hybridized carbons (Fsp3) is 0.111. The zero-order chi connectivity index (χ0) is 16.9. The first-order valence-corrected chi connectivity index (χ1v) is 8.30. The largest absolute Gasteiger partial charge is 0.329 e. The van der Waals surface area contributed by atoms with E-state index in [1.165, 1.54) is 11.0 Å². The van der Waals surface area contributed by atoms with Crippen LogP contribution in [0.2, 0.25) is 0 Å². The second kappa shape index (κ2) is 7.23. The average Bonchev–Trinajstić information content (AvgIpc) is 3.27. The van der Waals surface area contributed by atoms with Crippen molar-refractivity contribution >= 4 is 17.2 Å². The number of amides is 1. The molecule has 0 aliphatic rings. The second-order valence-electron chi connectivity index (χ2n) is 5.21. The van der Waals surface area contributed by atoms with Crippen molar-refractivity contribution in [1.29, 1.82) is 0 Å². The number of H-pyrrole nitrogens is 1. The van der Waals surface area contributed by atoms with Gasteiger partial charge in [0.15, 0.2) is 5.69 Å². The highest BCUT2D eigenvalue weighted by Gasteiger charge is 2.19. The third-order valence-electron chi connectivity index (χ3n) is 3.54. The summed E-state index contributed by atoms with van der Waals surface area (Å²) < 4.78 is 13.9. The van der Waals surface area contributed by atoms with Crippen LogP contribution in [0.25, 0.3) is 10.6 Å². The molecule has 0 aliphatic heterocycles. The van der Waals surface area contributed by atoms with Crippen LogP contribution in [0.4, 0.5) is 4.39 Å². The van der Waals surface area contributed by atoms with Crippen molar-refractivity contribution in [1.82, 2.24) is 15.1 Å². The van der Waals surface area contributed by atoms with Crippen LogP contribution in [-0.2, 0) is 6.54 Å². The molecule has 4 nitrogen and oxygen atoms in total. The number of carbonyl (C=O) groups is 1. The van der Waals surface area contributed by atoms with Crippen LogP contribution >= 0.6 is 11.3 Å². The summed E-state index contributed by atoms with van der Waals surface area (Å²) in [4.78, 5) is 15.2. The van der Waals surface area contributed by atoms with E-state index in [9.17, 15) is 9.18 Å². The normalized spacial score (nSPS) is 10.5. The third-order valence-corrected chi connectivity index (χ3v) is 4.44. The fourth-order valence-electron chi connectivity index (χ4n) is 2.36. The van der Waals surface area contributed by atoms with Gasteiger partial charge in [0.1, 0.15) is 5.82 Å². The Morgan fingerprint density at radius 2 is 2.17 bits per heavy atom. The molecule has 122 valence electrons. The molecule has 1 N–H and O–H groups in total. The van der Waals surface area contributed by atoms with Gasteiger partial charge in [-0.2, -0.15) is 5.10 Å². The lowest BCUT2D eigenvalue weighted by atomic mass is 10.2. The van der Waals surface area contributed by atoms with Gasteiger partial charge in [0.25, 0.3) is 5.91 Å². The van der Waals surface area contributed by atoms with Gasteiger partial charge in [-0.05, 0) is 23.6 Å². The Labute approximate surface area is 143 Å². The molecule has 2 heterocycles. The predicted molar refractivity (Wildman–Crippen MR) is 93.2 cm³/mol. The first kappa shape index (κ1) is 16.1. The molecule has 0 saturated heterocycles. The van der Waals surface area contributed by atoms with Crippen molar-refractivity contribution in [3.05, 3.63) is 77.6 Å². The number of thiophene rings is 1. The highest BCUT2D eigenvalue weighted by Crippen LogP contribution is 2.23. The maximum atomic E-state index is 13.9. The minimum atomic E-state index is -0.333. The summed E-state index contributed by atoms with van der Waals surface area (Å²) in [5.41, 5.74) is 1.55. The van der Waals surface area contributed by atoms with Crippen molar-refractivity contribution in [3.8, 4) is 10.6 Å². The molecule has 1 amide bonds. The maximum Gasteiger partial charge on any atom is 0.274 e. The summed E-state index contributed by atoms with van der Waals surface area (Å²) >= 11 is 1.56. The van der Waals surface area contributed by atoms with E-state index in [0.717, 1.165) is 10.6 Å². The van der Waals surface area contributed by atoms with Gasteiger partial charge in [0, 0.05) is 18.7 Å².